The number of sulfonamides is 1. The molecule has 0 radical (unpaired) electrons. The van der Waals surface area contributed by atoms with E-state index < -0.39 is 10.0 Å². The maximum atomic E-state index is 12.4. The molecule has 6 nitrogen and oxygen atoms in total. The van der Waals surface area contributed by atoms with Crippen LogP contribution in [0.2, 0.25) is 0 Å². The van der Waals surface area contributed by atoms with Crippen LogP contribution in [0.4, 0.5) is 0 Å². The van der Waals surface area contributed by atoms with Gasteiger partial charge in [0.1, 0.15) is 4.90 Å². The van der Waals surface area contributed by atoms with Crippen LogP contribution in [0.25, 0.3) is 0 Å². The van der Waals surface area contributed by atoms with Crippen molar-refractivity contribution in [3.05, 3.63) is 11.9 Å². The van der Waals surface area contributed by atoms with Gasteiger partial charge in [-0.25, -0.2) is 13.1 Å². The van der Waals surface area contributed by atoms with Gasteiger partial charge in [-0.3, -0.25) is 4.68 Å². The summed E-state index contributed by atoms with van der Waals surface area (Å²) >= 11 is 0. The van der Waals surface area contributed by atoms with Gasteiger partial charge < -0.3 is 4.90 Å². The van der Waals surface area contributed by atoms with E-state index in [-0.39, 0.29) is 10.9 Å². The largest absolute Gasteiger partial charge is 0.301 e. The van der Waals surface area contributed by atoms with Gasteiger partial charge in [0.05, 0.1) is 11.9 Å². The van der Waals surface area contributed by atoms with Crippen molar-refractivity contribution < 1.29 is 8.42 Å². The highest BCUT2D eigenvalue weighted by Gasteiger charge is 2.27. The van der Waals surface area contributed by atoms with Crippen LogP contribution in [0, 0.1) is 6.92 Å². The Labute approximate surface area is 121 Å². The van der Waals surface area contributed by atoms with E-state index in [1.165, 1.54) is 6.20 Å². The van der Waals surface area contributed by atoms with Gasteiger partial charge in [0.25, 0.3) is 0 Å². The average Bonchev–Trinajstić information content (AvgIpc) is 2.71. The molecule has 7 heteroatoms. The third kappa shape index (κ3) is 3.21. The van der Waals surface area contributed by atoms with Crippen LogP contribution in [-0.2, 0) is 17.1 Å². The van der Waals surface area contributed by atoms with Gasteiger partial charge in [-0.05, 0) is 46.7 Å². The summed E-state index contributed by atoms with van der Waals surface area (Å²) in [6, 6.07) is 0.544. The van der Waals surface area contributed by atoms with E-state index in [0.717, 1.165) is 25.9 Å². The number of piperidine rings is 1. The highest BCUT2D eigenvalue weighted by atomic mass is 32.2. The minimum absolute atomic E-state index is 0.0228. The highest BCUT2D eigenvalue weighted by molar-refractivity contribution is 7.89. The molecule has 0 aliphatic carbocycles. The van der Waals surface area contributed by atoms with Crippen molar-refractivity contribution in [1.29, 1.82) is 0 Å². The number of hydrogen-bond donors (Lipinski definition) is 1. The molecule has 0 atom stereocenters. The first kappa shape index (κ1) is 15.5. The van der Waals surface area contributed by atoms with Crippen molar-refractivity contribution in [1.82, 2.24) is 19.4 Å². The second-order valence-electron chi connectivity index (χ2n) is 5.74. The number of nitrogens with zero attached hydrogens (tertiary/aromatic N) is 3. The second kappa shape index (κ2) is 5.83. The lowest BCUT2D eigenvalue weighted by Gasteiger charge is -2.34. The molecule has 1 aromatic heterocycles. The zero-order valence-electron chi connectivity index (χ0n) is 12.6. The molecule has 2 rings (SSSR count). The monoisotopic (exact) mass is 300 g/mol. The maximum Gasteiger partial charge on any atom is 0.244 e. The Hall–Kier alpha value is -0.920. The molecule has 0 amide bonds. The van der Waals surface area contributed by atoms with Crippen molar-refractivity contribution in [2.24, 2.45) is 7.05 Å². The quantitative estimate of drug-likeness (QED) is 0.896. The number of aromatic nitrogens is 2. The van der Waals surface area contributed by atoms with E-state index >= 15 is 0 Å². The molecule has 0 aromatic carbocycles. The van der Waals surface area contributed by atoms with Gasteiger partial charge in [-0.2, -0.15) is 5.10 Å². The number of aryl methyl sites for hydroxylation is 1. The van der Waals surface area contributed by atoms with Crippen LogP contribution in [-0.4, -0.2) is 48.3 Å². The first-order chi connectivity index (χ1) is 9.31. The lowest BCUT2D eigenvalue weighted by atomic mass is 10.1. The first-order valence-corrected chi connectivity index (χ1v) is 8.54. The van der Waals surface area contributed by atoms with Gasteiger partial charge >= 0.3 is 0 Å². The van der Waals surface area contributed by atoms with E-state index in [0.29, 0.717) is 11.7 Å². The van der Waals surface area contributed by atoms with Crippen LogP contribution in [0.15, 0.2) is 11.1 Å². The van der Waals surface area contributed by atoms with Crippen molar-refractivity contribution >= 4 is 10.0 Å². The average molecular weight is 300 g/mol. The fourth-order valence-corrected chi connectivity index (χ4v) is 4.07. The molecular formula is C13H24N4O2S. The Morgan fingerprint density at radius 1 is 1.35 bits per heavy atom. The highest BCUT2D eigenvalue weighted by Crippen LogP contribution is 2.18. The van der Waals surface area contributed by atoms with E-state index in [2.05, 4.69) is 28.6 Å². The van der Waals surface area contributed by atoms with Crippen LogP contribution in [0.1, 0.15) is 32.4 Å². The summed E-state index contributed by atoms with van der Waals surface area (Å²) in [5.74, 6) is 0. The zero-order chi connectivity index (χ0) is 14.9. The zero-order valence-corrected chi connectivity index (χ0v) is 13.4. The van der Waals surface area contributed by atoms with Crippen LogP contribution < -0.4 is 4.72 Å². The van der Waals surface area contributed by atoms with Crippen molar-refractivity contribution in [2.75, 3.05) is 13.1 Å². The molecule has 0 saturated carbocycles. The SMILES string of the molecule is Cc1c(S(=O)(=O)NC2CCN(C(C)C)CC2)cnn1C. The van der Waals surface area contributed by atoms with Gasteiger partial charge in [0, 0.05) is 19.1 Å². The molecule has 114 valence electrons. The minimum atomic E-state index is -3.46. The summed E-state index contributed by atoms with van der Waals surface area (Å²) in [6.07, 6.45) is 3.13. The molecule has 20 heavy (non-hydrogen) atoms. The minimum Gasteiger partial charge on any atom is -0.301 e. The molecule has 1 fully saturated rings. The summed E-state index contributed by atoms with van der Waals surface area (Å²) in [5, 5.41) is 4.00. The van der Waals surface area contributed by atoms with Gasteiger partial charge in [0.2, 0.25) is 10.0 Å². The van der Waals surface area contributed by atoms with Crippen LogP contribution in [0.5, 0.6) is 0 Å². The van der Waals surface area contributed by atoms with E-state index in [1.807, 2.05) is 0 Å². The summed E-state index contributed by atoms with van der Waals surface area (Å²) < 4.78 is 29.1. The van der Waals surface area contributed by atoms with Gasteiger partial charge in [0.15, 0.2) is 0 Å². The van der Waals surface area contributed by atoms with E-state index in [9.17, 15) is 8.42 Å². The third-order valence-electron chi connectivity index (χ3n) is 4.06. The Morgan fingerprint density at radius 3 is 2.40 bits per heavy atom. The summed E-state index contributed by atoms with van der Waals surface area (Å²) in [7, 11) is -1.71. The molecule has 1 aliphatic heterocycles. The lowest BCUT2D eigenvalue weighted by Crippen LogP contribution is -2.46. The maximum absolute atomic E-state index is 12.4. The number of hydrogen-bond acceptors (Lipinski definition) is 4. The predicted octanol–water partition coefficient (Wildman–Crippen LogP) is 0.880. The summed E-state index contributed by atoms with van der Waals surface area (Å²) in [6.45, 7) is 7.99. The smallest absolute Gasteiger partial charge is 0.244 e. The lowest BCUT2D eigenvalue weighted by molar-refractivity contribution is 0.168. The molecule has 0 spiro atoms. The van der Waals surface area contributed by atoms with E-state index in [1.54, 1.807) is 18.7 Å². The Bertz CT molecular complexity index is 557. The topological polar surface area (TPSA) is 67.2 Å². The van der Waals surface area contributed by atoms with Gasteiger partial charge in [-0.1, -0.05) is 0 Å². The molecule has 0 unspecified atom stereocenters. The van der Waals surface area contributed by atoms with Crippen molar-refractivity contribution in [2.45, 2.75) is 50.6 Å². The number of nitrogens with one attached hydrogen (secondary N) is 1. The summed E-state index contributed by atoms with van der Waals surface area (Å²) in [5.41, 5.74) is 0.664. The Kier molecular flexibility index (Phi) is 4.51. The Morgan fingerprint density at radius 2 is 1.95 bits per heavy atom. The molecule has 2 heterocycles. The number of rotatable bonds is 4. The van der Waals surface area contributed by atoms with Crippen LogP contribution >= 0.6 is 0 Å². The molecule has 1 aliphatic rings. The molecule has 1 N–H and O–H groups in total. The molecule has 1 saturated heterocycles. The fourth-order valence-electron chi connectivity index (χ4n) is 2.56. The van der Waals surface area contributed by atoms with E-state index in [4.69, 9.17) is 0 Å². The van der Waals surface area contributed by atoms with Gasteiger partial charge in [-0.15, -0.1) is 0 Å². The third-order valence-corrected chi connectivity index (χ3v) is 5.68. The number of likely N-dealkylation sites (tertiary alicyclic amines) is 1. The standard InChI is InChI=1S/C13H24N4O2S/c1-10(2)17-7-5-12(6-8-17)15-20(18,19)13-9-14-16(4)11(13)3/h9-10,12,15H,5-8H2,1-4H3. The molecule has 1 aromatic rings. The normalized spacial score (nSPS) is 18.9. The Balaban J connectivity index is 2.02. The molecule has 0 bridgehead atoms. The molecular weight excluding hydrogens is 276 g/mol. The van der Waals surface area contributed by atoms with Crippen molar-refractivity contribution in [3.63, 3.8) is 0 Å². The fraction of sp³-hybridized carbons (Fsp3) is 0.769. The predicted molar refractivity (Wildman–Crippen MR) is 78.0 cm³/mol. The van der Waals surface area contributed by atoms with Crippen LogP contribution in [0.3, 0.4) is 0 Å². The summed E-state index contributed by atoms with van der Waals surface area (Å²) in [4.78, 5) is 2.66. The second-order valence-corrected chi connectivity index (χ2v) is 7.43. The first-order valence-electron chi connectivity index (χ1n) is 7.06. The van der Waals surface area contributed by atoms with Crippen molar-refractivity contribution in [3.8, 4) is 0 Å².